The average Bonchev–Trinajstić information content (AvgIpc) is 2.87. The zero-order valence-electron chi connectivity index (χ0n) is 9.22. The van der Waals surface area contributed by atoms with Crippen molar-refractivity contribution in [1.29, 1.82) is 0 Å². The van der Waals surface area contributed by atoms with E-state index in [9.17, 15) is 4.79 Å². The van der Waals surface area contributed by atoms with E-state index in [0.29, 0.717) is 22.5 Å². The molecule has 0 amide bonds. The van der Waals surface area contributed by atoms with Gasteiger partial charge in [0.25, 0.3) is 5.56 Å². The van der Waals surface area contributed by atoms with Crippen molar-refractivity contribution in [2.45, 2.75) is 13.1 Å². The molecular formula is C10H9BrN6O. The molecule has 2 heterocycles. The van der Waals surface area contributed by atoms with E-state index in [0.717, 1.165) is 0 Å². The predicted octanol–water partition coefficient (Wildman–Crippen LogP) is 0.369. The van der Waals surface area contributed by atoms with Crippen molar-refractivity contribution < 1.29 is 0 Å². The number of nitrogens with zero attached hydrogens (tertiary/aromatic N) is 4. The third-order valence-electron chi connectivity index (χ3n) is 2.14. The van der Waals surface area contributed by atoms with Gasteiger partial charge in [-0.15, -0.1) is 6.42 Å². The number of terminal acetylenes is 1. The number of rotatable bonds is 4. The quantitative estimate of drug-likeness (QED) is 0.797. The number of H-pyrrole nitrogens is 1. The lowest BCUT2D eigenvalue weighted by molar-refractivity contribution is 0.659. The molecular weight excluding hydrogens is 300 g/mol. The van der Waals surface area contributed by atoms with Crippen LogP contribution >= 0.6 is 15.9 Å². The molecule has 7 nitrogen and oxygen atoms in total. The molecule has 2 aromatic heterocycles. The minimum absolute atomic E-state index is 0.139. The molecule has 0 radical (unpaired) electrons. The fourth-order valence-electron chi connectivity index (χ4n) is 1.28. The number of hydrogen-bond acceptors (Lipinski definition) is 5. The summed E-state index contributed by atoms with van der Waals surface area (Å²) in [6.45, 7) is 0.554. The van der Waals surface area contributed by atoms with Crippen LogP contribution in [-0.2, 0) is 13.1 Å². The predicted molar refractivity (Wildman–Crippen MR) is 68.7 cm³/mol. The van der Waals surface area contributed by atoms with Crippen molar-refractivity contribution in [2.75, 3.05) is 5.32 Å². The van der Waals surface area contributed by atoms with Crippen molar-refractivity contribution in [2.24, 2.45) is 0 Å². The van der Waals surface area contributed by atoms with Gasteiger partial charge in [0, 0.05) is 0 Å². The Labute approximate surface area is 111 Å². The maximum atomic E-state index is 11.8. The summed E-state index contributed by atoms with van der Waals surface area (Å²) >= 11 is 3.21. The van der Waals surface area contributed by atoms with Gasteiger partial charge in [-0.1, -0.05) is 5.92 Å². The maximum absolute atomic E-state index is 11.8. The van der Waals surface area contributed by atoms with E-state index >= 15 is 0 Å². The first-order chi connectivity index (χ1) is 8.72. The van der Waals surface area contributed by atoms with E-state index in [1.54, 1.807) is 0 Å². The molecule has 0 unspecified atom stereocenters. The first kappa shape index (κ1) is 12.3. The molecule has 0 aliphatic rings. The fourth-order valence-corrected chi connectivity index (χ4v) is 1.73. The Kier molecular flexibility index (Phi) is 3.74. The van der Waals surface area contributed by atoms with Gasteiger partial charge in [0.15, 0.2) is 0 Å². The first-order valence-electron chi connectivity index (χ1n) is 4.99. The van der Waals surface area contributed by atoms with E-state index in [2.05, 4.69) is 47.4 Å². The highest BCUT2D eigenvalue weighted by atomic mass is 79.9. The topological polar surface area (TPSA) is 88.5 Å². The maximum Gasteiger partial charge on any atom is 0.284 e. The third kappa shape index (κ3) is 2.57. The number of aromatic nitrogens is 5. The van der Waals surface area contributed by atoms with Gasteiger partial charge in [-0.3, -0.25) is 9.89 Å². The van der Waals surface area contributed by atoms with Crippen molar-refractivity contribution in [3.8, 4) is 12.3 Å². The Morgan fingerprint density at radius 2 is 2.44 bits per heavy atom. The zero-order valence-corrected chi connectivity index (χ0v) is 10.8. The van der Waals surface area contributed by atoms with E-state index in [4.69, 9.17) is 6.42 Å². The average molecular weight is 309 g/mol. The molecule has 8 heteroatoms. The summed E-state index contributed by atoms with van der Waals surface area (Å²) in [5, 5.41) is 13.4. The molecule has 0 aliphatic heterocycles. The minimum atomic E-state index is -0.282. The summed E-state index contributed by atoms with van der Waals surface area (Å²) in [6, 6.07) is 0. The van der Waals surface area contributed by atoms with Gasteiger partial charge in [-0.25, -0.2) is 9.67 Å². The summed E-state index contributed by atoms with van der Waals surface area (Å²) in [6.07, 6.45) is 8.08. The highest BCUT2D eigenvalue weighted by Crippen LogP contribution is 2.16. The number of hydrogen-bond donors (Lipinski definition) is 2. The van der Waals surface area contributed by atoms with Crippen LogP contribution in [0.4, 0.5) is 5.69 Å². The van der Waals surface area contributed by atoms with Crippen molar-refractivity contribution in [3.63, 3.8) is 0 Å². The molecule has 92 valence electrons. The van der Waals surface area contributed by atoms with E-state index < -0.39 is 0 Å². The van der Waals surface area contributed by atoms with Crippen LogP contribution in [0.25, 0.3) is 0 Å². The van der Waals surface area contributed by atoms with Crippen LogP contribution in [0.1, 0.15) is 5.82 Å². The largest absolute Gasteiger partial charge is 0.375 e. The van der Waals surface area contributed by atoms with Gasteiger partial charge in [0.2, 0.25) is 0 Å². The first-order valence-corrected chi connectivity index (χ1v) is 5.79. The second kappa shape index (κ2) is 5.46. The monoisotopic (exact) mass is 308 g/mol. The summed E-state index contributed by atoms with van der Waals surface area (Å²) < 4.78 is 1.58. The number of anilines is 1. The Hall–Kier alpha value is -2.14. The second-order valence-corrected chi connectivity index (χ2v) is 4.12. The van der Waals surface area contributed by atoms with E-state index in [1.165, 1.54) is 17.2 Å². The zero-order chi connectivity index (χ0) is 13.0. The molecule has 18 heavy (non-hydrogen) atoms. The van der Waals surface area contributed by atoms with Gasteiger partial charge in [0.05, 0.1) is 18.4 Å². The molecule has 0 saturated carbocycles. The van der Waals surface area contributed by atoms with Crippen molar-refractivity contribution in [3.05, 3.63) is 33.2 Å². The number of nitrogens with one attached hydrogen (secondary N) is 2. The molecule has 0 aliphatic carbocycles. The summed E-state index contributed by atoms with van der Waals surface area (Å²) in [5.74, 6) is 3.02. The van der Waals surface area contributed by atoms with Crippen LogP contribution < -0.4 is 10.9 Å². The minimum Gasteiger partial charge on any atom is -0.375 e. The summed E-state index contributed by atoms with van der Waals surface area (Å²) in [7, 11) is 0. The smallest absolute Gasteiger partial charge is 0.284 e. The summed E-state index contributed by atoms with van der Waals surface area (Å²) in [5.41, 5.74) is 0.292. The Morgan fingerprint density at radius 3 is 3.11 bits per heavy atom. The number of halogens is 1. The number of aromatic amines is 1. The lowest BCUT2D eigenvalue weighted by Gasteiger charge is -2.07. The molecule has 0 bridgehead atoms. The van der Waals surface area contributed by atoms with Crippen LogP contribution in [0.2, 0.25) is 0 Å². The SMILES string of the molecule is C#CCn1ncc(NCc2ncn[nH]2)c(Br)c1=O. The molecule has 0 aromatic carbocycles. The molecule has 2 N–H and O–H groups in total. The van der Waals surface area contributed by atoms with Gasteiger partial charge < -0.3 is 5.32 Å². The second-order valence-electron chi connectivity index (χ2n) is 3.32. The molecule has 2 aromatic rings. The molecule has 0 spiro atoms. The van der Waals surface area contributed by atoms with E-state index in [1.807, 2.05) is 0 Å². The highest BCUT2D eigenvalue weighted by Gasteiger charge is 2.08. The van der Waals surface area contributed by atoms with Crippen LogP contribution in [-0.4, -0.2) is 25.0 Å². The normalized spacial score (nSPS) is 10.0. The molecule has 0 saturated heterocycles. The van der Waals surface area contributed by atoms with E-state index in [-0.39, 0.29) is 12.1 Å². The van der Waals surface area contributed by atoms with Gasteiger partial charge in [0.1, 0.15) is 23.2 Å². The Morgan fingerprint density at radius 1 is 1.61 bits per heavy atom. The van der Waals surface area contributed by atoms with Crippen LogP contribution in [0.3, 0.4) is 0 Å². The molecule has 2 rings (SSSR count). The Balaban J connectivity index is 2.17. The fraction of sp³-hybridized carbons (Fsp3) is 0.200. The molecule has 0 atom stereocenters. The molecule has 0 fully saturated rings. The van der Waals surface area contributed by atoms with Crippen LogP contribution in [0.15, 0.2) is 21.8 Å². The Bertz CT molecular complexity index is 627. The third-order valence-corrected chi connectivity index (χ3v) is 2.90. The van der Waals surface area contributed by atoms with Crippen molar-refractivity contribution in [1.82, 2.24) is 25.0 Å². The summed E-state index contributed by atoms with van der Waals surface area (Å²) in [4.78, 5) is 15.8. The highest BCUT2D eigenvalue weighted by molar-refractivity contribution is 9.10. The standard InChI is InChI=1S/C10H9BrN6O/c1-2-3-17-10(18)9(11)7(4-15-17)12-5-8-13-6-14-16-8/h1,4,6,12H,3,5H2,(H,13,14,16). The van der Waals surface area contributed by atoms with Crippen LogP contribution in [0, 0.1) is 12.3 Å². The lowest BCUT2D eigenvalue weighted by atomic mass is 10.4. The van der Waals surface area contributed by atoms with Gasteiger partial charge >= 0.3 is 0 Å². The van der Waals surface area contributed by atoms with Gasteiger partial charge in [-0.05, 0) is 15.9 Å². The van der Waals surface area contributed by atoms with Gasteiger partial charge in [-0.2, -0.15) is 10.2 Å². The van der Waals surface area contributed by atoms with Crippen molar-refractivity contribution >= 4 is 21.6 Å². The lowest BCUT2D eigenvalue weighted by Crippen LogP contribution is -2.24. The van der Waals surface area contributed by atoms with Crippen LogP contribution in [0.5, 0.6) is 0 Å².